The molecule has 2 aromatic carbocycles. The Morgan fingerprint density at radius 3 is 2.20 bits per heavy atom. The third-order valence-corrected chi connectivity index (χ3v) is 5.45. The Morgan fingerprint density at radius 2 is 1.67 bits per heavy atom. The monoisotopic (exact) mass is 423 g/mol. The van der Waals surface area contributed by atoms with E-state index in [2.05, 4.69) is 23.5 Å². The highest BCUT2D eigenvalue weighted by molar-refractivity contribution is 5.44. The Hall–Kier alpha value is -2.25. The number of hydrogen-bond acceptors (Lipinski definition) is 4. The van der Waals surface area contributed by atoms with Crippen LogP contribution >= 0.6 is 0 Å². The van der Waals surface area contributed by atoms with E-state index in [4.69, 9.17) is 4.74 Å². The van der Waals surface area contributed by atoms with Crippen molar-refractivity contribution in [1.82, 2.24) is 4.90 Å². The molecule has 164 valence electrons. The second kappa shape index (κ2) is 8.12. The predicted molar refractivity (Wildman–Crippen MR) is 109 cm³/mol. The molecule has 2 aromatic rings. The van der Waals surface area contributed by atoms with E-state index < -0.39 is 17.4 Å². The second-order valence-corrected chi connectivity index (χ2v) is 8.75. The molecule has 1 unspecified atom stereocenters. The van der Waals surface area contributed by atoms with E-state index in [1.54, 1.807) is 0 Å². The average Bonchev–Trinajstić information content (AvgIpc) is 2.64. The van der Waals surface area contributed by atoms with Crippen molar-refractivity contribution in [2.45, 2.75) is 32.7 Å². The van der Waals surface area contributed by atoms with Crippen molar-refractivity contribution >= 4 is 0 Å². The molecule has 0 aromatic heterocycles. The summed E-state index contributed by atoms with van der Waals surface area (Å²) in [7, 11) is 1.96. The van der Waals surface area contributed by atoms with Gasteiger partial charge in [0.15, 0.2) is 0 Å². The van der Waals surface area contributed by atoms with Crippen LogP contribution in [0.2, 0.25) is 0 Å². The molecule has 0 radical (unpaired) electrons. The molecule has 30 heavy (non-hydrogen) atoms. The predicted octanol–water partition coefficient (Wildman–Crippen LogP) is 4.81. The molecule has 0 spiro atoms. The molecule has 0 saturated carbocycles. The van der Waals surface area contributed by atoms with Crippen molar-refractivity contribution < 1.29 is 27.8 Å². The summed E-state index contributed by atoms with van der Waals surface area (Å²) < 4.78 is 47.4. The SMILES string of the molecule is CC(C)COc1cccc(C(O)(c2ccc(OC(F)(F)F)cc2)C2(C)CN(C)C2)c1. The van der Waals surface area contributed by atoms with Crippen molar-refractivity contribution in [1.29, 1.82) is 0 Å². The topological polar surface area (TPSA) is 41.9 Å². The Labute approximate surface area is 175 Å². The highest BCUT2D eigenvalue weighted by Crippen LogP contribution is 2.50. The maximum atomic E-state index is 12.5. The lowest BCUT2D eigenvalue weighted by molar-refractivity contribution is -0.274. The molecular formula is C23H28F3NO3. The van der Waals surface area contributed by atoms with Crippen LogP contribution < -0.4 is 9.47 Å². The fourth-order valence-corrected chi connectivity index (χ4v) is 4.21. The van der Waals surface area contributed by atoms with E-state index in [1.807, 2.05) is 38.2 Å². The number of likely N-dealkylation sites (tertiary alicyclic amines) is 1. The van der Waals surface area contributed by atoms with Gasteiger partial charge in [0.2, 0.25) is 0 Å². The van der Waals surface area contributed by atoms with Crippen LogP contribution in [0.1, 0.15) is 31.9 Å². The van der Waals surface area contributed by atoms with Gasteiger partial charge in [0.25, 0.3) is 0 Å². The number of hydrogen-bond donors (Lipinski definition) is 1. The van der Waals surface area contributed by atoms with Gasteiger partial charge in [-0.3, -0.25) is 0 Å². The van der Waals surface area contributed by atoms with Crippen LogP contribution in [0, 0.1) is 11.3 Å². The minimum absolute atomic E-state index is 0.321. The Kier molecular flexibility index (Phi) is 6.07. The van der Waals surface area contributed by atoms with Crippen molar-refractivity contribution in [3.05, 3.63) is 59.7 Å². The zero-order chi connectivity index (χ0) is 22.2. The molecule has 1 aliphatic heterocycles. The summed E-state index contributed by atoms with van der Waals surface area (Å²) in [6, 6.07) is 12.7. The number of benzene rings is 2. The number of aliphatic hydroxyl groups is 1. The van der Waals surface area contributed by atoms with Crippen LogP contribution in [0.4, 0.5) is 13.2 Å². The number of alkyl halides is 3. The number of halogens is 3. The summed E-state index contributed by atoms with van der Waals surface area (Å²) in [5.74, 6) is 0.679. The van der Waals surface area contributed by atoms with Crippen LogP contribution in [-0.4, -0.2) is 43.1 Å². The molecule has 1 atom stereocenters. The van der Waals surface area contributed by atoms with Gasteiger partial charge >= 0.3 is 6.36 Å². The lowest BCUT2D eigenvalue weighted by atomic mass is 9.62. The van der Waals surface area contributed by atoms with Crippen molar-refractivity contribution in [2.75, 3.05) is 26.7 Å². The molecule has 3 rings (SSSR count). The van der Waals surface area contributed by atoms with Gasteiger partial charge in [-0.25, -0.2) is 0 Å². The maximum absolute atomic E-state index is 12.5. The molecule has 0 amide bonds. The van der Waals surface area contributed by atoms with Crippen LogP contribution in [-0.2, 0) is 5.60 Å². The molecule has 1 heterocycles. The molecule has 1 saturated heterocycles. The Bertz CT molecular complexity index is 861. The Balaban J connectivity index is 2.00. The highest BCUT2D eigenvalue weighted by Gasteiger charge is 2.55. The lowest BCUT2D eigenvalue weighted by Crippen LogP contribution is -2.63. The summed E-state index contributed by atoms with van der Waals surface area (Å²) in [6.07, 6.45) is -4.76. The third-order valence-electron chi connectivity index (χ3n) is 5.45. The fourth-order valence-electron chi connectivity index (χ4n) is 4.21. The van der Waals surface area contributed by atoms with Gasteiger partial charge in [0, 0.05) is 18.5 Å². The first kappa shape index (κ1) is 22.4. The molecule has 4 nitrogen and oxygen atoms in total. The largest absolute Gasteiger partial charge is 0.573 e. The Morgan fingerprint density at radius 1 is 1.03 bits per heavy atom. The van der Waals surface area contributed by atoms with E-state index in [0.717, 1.165) is 0 Å². The molecule has 0 bridgehead atoms. The van der Waals surface area contributed by atoms with Crippen LogP contribution in [0.25, 0.3) is 0 Å². The van der Waals surface area contributed by atoms with Gasteiger partial charge in [-0.15, -0.1) is 13.2 Å². The zero-order valence-electron chi connectivity index (χ0n) is 17.7. The summed E-state index contributed by atoms with van der Waals surface area (Å²) >= 11 is 0. The van der Waals surface area contributed by atoms with Gasteiger partial charge in [0.1, 0.15) is 17.1 Å². The second-order valence-electron chi connectivity index (χ2n) is 8.75. The minimum atomic E-state index is -4.76. The molecule has 7 heteroatoms. The molecular weight excluding hydrogens is 395 g/mol. The van der Waals surface area contributed by atoms with Gasteiger partial charge in [-0.05, 0) is 48.4 Å². The van der Waals surface area contributed by atoms with Crippen LogP contribution in [0.15, 0.2) is 48.5 Å². The highest BCUT2D eigenvalue weighted by atomic mass is 19.4. The smallest absolute Gasteiger partial charge is 0.493 e. The van der Waals surface area contributed by atoms with E-state index in [-0.39, 0.29) is 5.75 Å². The van der Waals surface area contributed by atoms with E-state index >= 15 is 0 Å². The first-order chi connectivity index (χ1) is 13.9. The molecule has 0 aliphatic carbocycles. The standard InChI is InChI=1S/C23H28F3NO3/c1-16(2)13-29-20-7-5-6-18(12-20)22(28,21(3)14-27(4)15-21)17-8-10-19(11-9-17)30-23(24,25)26/h5-12,16,28H,13-15H2,1-4H3. The van der Waals surface area contributed by atoms with Crippen LogP contribution in [0.3, 0.4) is 0 Å². The summed E-state index contributed by atoms with van der Waals surface area (Å²) in [5.41, 5.74) is -0.782. The summed E-state index contributed by atoms with van der Waals surface area (Å²) in [4.78, 5) is 2.09. The summed E-state index contributed by atoms with van der Waals surface area (Å²) in [5, 5.41) is 12.0. The van der Waals surface area contributed by atoms with Gasteiger partial charge < -0.3 is 19.5 Å². The minimum Gasteiger partial charge on any atom is -0.493 e. The quantitative estimate of drug-likeness (QED) is 0.694. The first-order valence-corrected chi connectivity index (χ1v) is 9.93. The zero-order valence-corrected chi connectivity index (χ0v) is 17.7. The molecule has 1 N–H and O–H groups in total. The van der Waals surface area contributed by atoms with Gasteiger partial charge in [-0.1, -0.05) is 45.0 Å². The van der Waals surface area contributed by atoms with Crippen LogP contribution in [0.5, 0.6) is 11.5 Å². The van der Waals surface area contributed by atoms with E-state index in [9.17, 15) is 18.3 Å². The van der Waals surface area contributed by atoms with Crippen molar-refractivity contribution in [3.63, 3.8) is 0 Å². The van der Waals surface area contributed by atoms with E-state index in [1.165, 1.54) is 24.3 Å². The summed E-state index contributed by atoms with van der Waals surface area (Å²) in [6.45, 7) is 7.91. The normalized spacial score (nSPS) is 18.6. The number of ether oxygens (including phenoxy) is 2. The van der Waals surface area contributed by atoms with E-state index in [0.29, 0.717) is 42.5 Å². The molecule has 1 aliphatic rings. The first-order valence-electron chi connectivity index (χ1n) is 9.93. The number of rotatable bonds is 7. The molecule has 1 fully saturated rings. The maximum Gasteiger partial charge on any atom is 0.573 e. The third kappa shape index (κ3) is 4.57. The van der Waals surface area contributed by atoms with Gasteiger partial charge in [-0.2, -0.15) is 0 Å². The fraction of sp³-hybridized carbons (Fsp3) is 0.478. The van der Waals surface area contributed by atoms with Crippen molar-refractivity contribution in [2.24, 2.45) is 11.3 Å². The average molecular weight is 423 g/mol. The van der Waals surface area contributed by atoms with Gasteiger partial charge in [0.05, 0.1) is 6.61 Å². The number of nitrogens with zero attached hydrogens (tertiary/aromatic N) is 1. The van der Waals surface area contributed by atoms with Crippen molar-refractivity contribution in [3.8, 4) is 11.5 Å². The lowest BCUT2D eigenvalue weighted by Gasteiger charge is -2.56.